The predicted molar refractivity (Wildman–Crippen MR) is 140 cm³/mol. The number of hydrogen-bond acceptors (Lipinski definition) is 4. The summed E-state index contributed by atoms with van der Waals surface area (Å²) in [5.41, 5.74) is 2.33. The van der Waals surface area contributed by atoms with Gasteiger partial charge in [0, 0.05) is 11.1 Å². The van der Waals surface area contributed by atoms with Crippen LogP contribution in [0.3, 0.4) is 0 Å². The summed E-state index contributed by atoms with van der Waals surface area (Å²) in [5, 5.41) is 5.54. The predicted octanol–water partition coefficient (Wildman–Crippen LogP) is 5.54. The number of sulfonamides is 1. The average molecular weight is 514 g/mol. The van der Waals surface area contributed by atoms with E-state index in [2.05, 4.69) is 15.4 Å². The Morgan fingerprint density at radius 2 is 1.51 bits per heavy atom. The van der Waals surface area contributed by atoms with Crippen LogP contribution in [0.1, 0.15) is 52.6 Å². The van der Waals surface area contributed by atoms with Gasteiger partial charge >= 0.3 is 0 Å². The zero-order chi connectivity index (χ0) is 26.0. The summed E-state index contributed by atoms with van der Waals surface area (Å²) >= 11 is 6.21. The fraction of sp³-hybridized carbons (Fsp3) is 0.231. The molecule has 0 aliphatic carbocycles. The highest BCUT2D eigenvalue weighted by Crippen LogP contribution is 2.28. The van der Waals surface area contributed by atoms with Crippen LogP contribution in [0.25, 0.3) is 0 Å². The quantitative estimate of drug-likeness (QED) is 0.402. The van der Waals surface area contributed by atoms with Gasteiger partial charge in [-0.3, -0.25) is 14.3 Å². The molecule has 3 aromatic rings. The van der Waals surface area contributed by atoms with Crippen LogP contribution in [0.2, 0.25) is 5.02 Å². The van der Waals surface area contributed by atoms with Crippen LogP contribution in [0, 0.1) is 13.8 Å². The molecule has 9 heteroatoms. The first-order valence-corrected chi connectivity index (χ1v) is 12.8. The first kappa shape index (κ1) is 26.2. The molecule has 0 aliphatic heterocycles. The van der Waals surface area contributed by atoms with E-state index < -0.39 is 21.5 Å². The molecule has 0 unspecified atom stereocenters. The first-order chi connectivity index (χ1) is 16.3. The number of benzene rings is 3. The van der Waals surface area contributed by atoms with E-state index in [9.17, 15) is 18.0 Å². The summed E-state index contributed by atoms with van der Waals surface area (Å²) in [4.78, 5) is 25.5. The Bertz CT molecular complexity index is 1400. The maximum absolute atomic E-state index is 13.1. The number of para-hydroxylation sites is 1. The summed E-state index contributed by atoms with van der Waals surface area (Å²) in [6.07, 6.45) is 0. The molecule has 0 radical (unpaired) electrons. The molecule has 0 aromatic heterocycles. The Kier molecular flexibility index (Phi) is 7.57. The third kappa shape index (κ3) is 6.41. The Balaban J connectivity index is 1.90. The molecule has 3 aromatic carbocycles. The zero-order valence-corrected chi connectivity index (χ0v) is 21.8. The number of nitrogens with one attached hydrogen (secondary N) is 3. The fourth-order valence-corrected chi connectivity index (χ4v) is 4.95. The maximum atomic E-state index is 13.1. The SMILES string of the molecule is Cc1cccc(NS(=O)(=O)c2cc(C(=O)Nc3ccccc3C(=O)NC(C)(C)C)ccc2Cl)c1C. The second-order valence-corrected chi connectivity index (χ2v) is 11.3. The van der Waals surface area contributed by atoms with Gasteiger partial charge < -0.3 is 10.6 Å². The van der Waals surface area contributed by atoms with E-state index in [-0.39, 0.29) is 27.0 Å². The van der Waals surface area contributed by atoms with Crippen molar-refractivity contribution in [2.45, 2.75) is 45.1 Å². The number of carbonyl (C=O) groups excluding carboxylic acids is 2. The van der Waals surface area contributed by atoms with E-state index >= 15 is 0 Å². The third-order valence-corrected chi connectivity index (χ3v) is 7.09. The highest BCUT2D eigenvalue weighted by molar-refractivity contribution is 7.92. The van der Waals surface area contributed by atoms with Crippen LogP contribution in [0.4, 0.5) is 11.4 Å². The lowest BCUT2D eigenvalue weighted by molar-refractivity contribution is 0.0920. The lowest BCUT2D eigenvalue weighted by Crippen LogP contribution is -2.40. The molecule has 0 saturated carbocycles. The lowest BCUT2D eigenvalue weighted by atomic mass is 10.1. The van der Waals surface area contributed by atoms with E-state index in [1.54, 1.807) is 36.4 Å². The van der Waals surface area contributed by atoms with Crippen LogP contribution < -0.4 is 15.4 Å². The molecule has 0 saturated heterocycles. The molecule has 184 valence electrons. The molecule has 0 atom stereocenters. The molecule has 0 heterocycles. The van der Waals surface area contributed by atoms with Crippen molar-refractivity contribution in [3.05, 3.63) is 87.9 Å². The highest BCUT2D eigenvalue weighted by Gasteiger charge is 2.23. The van der Waals surface area contributed by atoms with Gasteiger partial charge in [0.15, 0.2) is 0 Å². The van der Waals surface area contributed by atoms with Crippen LogP contribution in [0.15, 0.2) is 65.6 Å². The standard InChI is InChI=1S/C26H28ClN3O4S/c1-16-9-8-12-21(17(16)2)30-35(33,34)23-15-18(13-14-20(23)27)24(31)28-22-11-7-6-10-19(22)25(32)29-26(3,4)5/h6-15,30H,1-5H3,(H,28,31)(H,29,32). The van der Waals surface area contributed by atoms with E-state index in [4.69, 9.17) is 11.6 Å². The molecule has 0 spiro atoms. The van der Waals surface area contributed by atoms with Crippen molar-refractivity contribution in [3.63, 3.8) is 0 Å². The minimum Gasteiger partial charge on any atom is -0.347 e. The van der Waals surface area contributed by atoms with Crippen LogP contribution in [-0.4, -0.2) is 25.8 Å². The zero-order valence-electron chi connectivity index (χ0n) is 20.2. The molecular weight excluding hydrogens is 486 g/mol. The monoisotopic (exact) mass is 513 g/mol. The fourth-order valence-electron chi connectivity index (χ4n) is 3.30. The normalized spacial score (nSPS) is 11.6. The van der Waals surface area contributed by atoms with Crippen molar-refractivity contribution >= 4 is 44.8 Å². The van der Waals surface area contributed by atoms with Gasteiger partial charge in [-0.05, 0) is 82.1 Å². The number of halogens is 1. The number of aryl methyl sites for hydroxylation is 1. The smallest absolute Gasteiger partial charge is 0.263 e. The Labute approximate surface area is 211 Å². The van der Waals surface area contributed by atoms with Crippen molar-refractivity contribution in [2.75, 3.05) is 10.0 Å². The van der Waals surface area contributed by atoms with Crippen molar-refractivity contribution in [3.8, 4) is 0 Å². The topological polar surface area (TPSA) is 104 Å². The molecular formula is C26H28ClN3O4S. The van der Waals surface area contributed by atoms with E-state index in [0.717, 1.165) is 11.1 Å². The van der Waals surface area contributed by atoms with E-state index in [0.29, 0.717) is 11.4 Å². The number of anilines is 2. The minimum absolute atomic E-state index is 0.0238. The van der Waals surface area contributed by atoms with Crippen LogP contribution >= 0.6 is 11.6 Å². The van der Waals surface area contributed by atoms with Gasteiger partial charge in [-0.2, -0.15) is 0 Å². The molecule has 0 aliphatic rings. The second-order valence-electron chi connectivity index (χ2n) is 9.20. The van der Waals surface area contributed by atoms with Gasteiger partial charge in [-0.15, -0.1) is 0 Å². The summed E-state index contributed by atoms with van der Waals surface area (Å²) in [6, 6.07) is 15.9. The van der Waals surface area contributed by atoms with Crippen molar-refractivity contribution in [2.24, 2.45) is 0 Å². The Morgan fingerprint density at radius 1 is 0.857 bits per heavy atom. The number of rotatable bonds is 6. The van der Waals surface area contributed by atoms with Gasteiger partial charge in [-0.1, -0.05) is 35.9 Å². The molecule has 2 amide bonds. The Hall–Kier alpha value is -3.36. The van der Waals surface area contributed by atoms with Gasteiger partial charge in [0.25, 0.3) is 21.8 Å². The first-order valence-electron chi connectivity index (χ1n) is 10.9. The molecule has 0 fully saturated rings. The third-order valence-electron chi connectivity index (χ3n) is 5.24. The highest BCUT2D eigenvalue weighted by atomic mass is 35.5. The van der Waals surface area contributed by atoms with Crippen molar-refractivity contribution < 1.29 is 18.0 Å². The minimum atomic E-state index is -4.08. The summed E-state index contributed by atoms with van der Waals surface area (Å²) in [6.45, 7) is 9.26. The Morgan fingerprint density at radius 3 is 2.20 bits per heavy atom. The molecule has 7 nitrogen and oxygen atoms in total. The van der Waals surface area contributed by atoms with Crippen molar-refractivity contribution in [1.29, 1.82) is 0 Å². The van der Waals surface area contributed by atoms with E-state index in [1.807, 2.05) is 40.7 Å². The average Bonchev–Trinajstić information content (AvgIpc) is 2.76. The molecule has 0 bridgehead atoms. The second kappa shape index (κ2) is 10.1. The van der Waals surface area contributed by atoms with Gasteiger partial charge in [0.1, 0.15) is 4.90 Å². The maximum Gasteiger partial charge on any atom is 0.263 e. The number of amides is 2. The van der Waals surface area contributed by atoms with Crippen molar-refractivity contribution in [1.82, 2.24) is 5.32 Å². The van der Waals surface area contributed by atoms with Gasteiger partial charge in [0.05, 0.1) is 22.0 Å². The lowest BCUT2D eigenvalue weighted by Gasteiger charge is -2.21. The molecule has 3 rings (SSSR count). The van der Waals surface area contributed by atoms with Crippen LogP contribution in [-0.2, 0) is 10.0 Å². The van der Waals surface area contributed by atoms with Crippen LogP contribution in [0.5, 0.6) is 0 Å². The summed E-state index contributed by atoms with van der Waals surface area (Å²) < 4.78 is 28.8. The summed E-state index contributed by atoms with van der Waals surface area (Å²) in [5.74, 6) is -0.925. The molecule has 3 N–H and O–H groups in total. The number of hydrogen-bond donors (Lipinski definition) is 3. The van der Waals surface area contributed by atoms with E-state index in [1.165, 1.54) is 18.2 Å². The molecule has 35 heavy (non-hydrogen) atoms. The van der Waals surface area contributed by atoms with Gasteiger partial charge in [-0.25, -0.2) is 8.42 Å². The largest absolute Gasteiger partial charge is 0.347 e. The number of carbonyl (C=O) groups is 2. The summed E-state index contributed by atoms with van der Waals surface area (Å²) in [7, 11) is -4.08. The van der Waals surface area contributed by atoms with Gasteiger partial charge in [0.2, 0.25) is 0 Å².